The normalized spacial score (nSPS) is 16.7. The van der Waals surface area contributed by atoms with Crippen LogP contribution in [0.4, 0.5) is 32.0 Å². The number of rotatable bonds is 6. The van der Waals surface area contributed by atoms with Crippen LogP contribution in [0.3, 0.4) is 0 Å². The van der Waals surface area contributed by atoms with Gasteiger partial charge in [-0.3, -0.25) is 4.90 Å². The van der Waals surface area contributed by atoms with Crippen molar-refractivity contribution in [1.82, 2.24) is 4.90 Å². The standard InChI is InChI=1S/C23H26F6N2O2/c1-15-4-3-5-21(16(15)2)31-8-6-30(7-9-31)13-19(32)14-33-20-11-17(22(24,25)26)10-18(12-20)23(27,28)29/h3-5,10-12,19,32H,6-9,13-14H2,1-2H3. The molecule has 1 fully saturated rings. The fourth-order valence-electron chi connectivity index (χ4n) is 3.80. The van der Waals surface area contributed by atoms with Crippen LogP contribution in [-0.4, -0.2) is 55.4 Å². The molecule has 182 valence electrons. The van der Waals surface area contributed by atoms with Gasteiger partial charge >= 0.3 is 12.4 Å². The van der Waals surface area contributed by atoms with Crippen molar-refractivity contribution in [2.75, 3.05) is 44.2 Å². The lowest BCUT2D eigenvalue weighted by Crippen LogP contribution is -2.49. The topological polar surface area (TPSA) is 35.9 Å². The van der Waals surface area contributed by atoms with Crippen LogP contribution in [0.15, 0.2) is 36.4 Å². The smallest absolute Gasteiger partial charge is 0.416 e. The molecule has 1 N–H and O–H groups in total. The highest BCUT2D eigenvalue weighted by atomic mass is 19.4. The zero-order valence-electron chi connectivity index (χ0n) is 18.3. The summed E-state index contributed by atoms with van der Waals surface area (Å²) >= 11 is 0. The van der Waals surface area contributed by atoms with E-state index in [2.05, 4.69) is 17.9 Å². The van der Waals surface area contributed by atoms with Gasteiger partial charge in [0.25, 0.3) is 0 Å². The second-order valence-corrected chi connectivity index (χ2v) is 8.21. The number of anilines is 1. The number of hydrogen-bond acceptors (Lipinski definition) is 4. The summed E-state index contributed by atoms with van der Waals surface area (Å²) in [6.07, 6.45) is -11.0. The molecule has 2 aromatic rings. The van der Waals surface area contributed by atoms with E-state index < -0.39 is 41.9 Å². The van der Waals surface area contributed by atoms with Crippen molar-refractivity contribution in [2.24, 2.45) is 0 Å². The van der Waals surface area contributed by atoms with Gasteiger partial charge in [0.2, 0.25) is 0 Å². The van der Waals surface area contributed by atoms with E-state index in [0.717, 1.165) is 18.8 Å². The van der Waals surface area contributed by atoms with E-state index in [1.54, 1.807) is 0 Å². The maximum atomic E-state index is 13.0. The van der Waals surface area contributed by atoms with Gasteiger partial charge in [-0.1, -0.05) is 12.1 Å². The highest BCUT2D eigenvalue weighted by Crippen LogP contribution is 2.38. The third kappa shape index (κ3) is 6.54. The third-order valence-corrected chi connectivity index (χ3v) is 5.76. The van der Waals surface area contributed by atoms with Gasteiger partial charge in [0.1, 0.15) is 18.5 Å². The first-order valence-electron chi connectivity index (χ1n) is 10.5. The Kier molecular flexibility index (Phi) is 7.48. The van der Waals surface area contributed by atoms with Gasteiger partial charge in [-0.15, -0.1) is 0 Å². The number of halogens is 6. The predicted octanol–water partition coefficient (Wildman–Crippen LogP) is 4.90. The van der Waals surface area contributed by atoms with Crippen molar-refractivity contribution in [3.8, 4) is 5.75 Å². The number of aryl methyl sites for hydroxylation is 1. The minimum Gasteiger partial charge on any atom is -0.491 e. The van der Waals surface area contributed by atoms with E-state index in [4.69, 9.17) is 4.74 Å². The first kappa shape index (κ1) is 25.2. The van der Waals surface area contributed by atoms with Crippen LogP contribution >= 0.6 is 0 Å². The molecule has 1 aliphatic rings. The summed E-state index contributed by atoms with van der Waals surface area (Å²) in [6.45, 7) is 6.69. The molecule has 0 aliphatic carbocycles. The zero-order valence-corrected chi connectivity index (χ0v) is 18.3. The third-order valence-electron chi connectivity index (χ3n) is 5.76. The van der Waals surface area contributed by atoms with E-state index in [0.29, 0.717) is 25.2 Å². The maximum Gasteiger partial charge on any atom is 0.416 e. The number of hydrogen-bond donors (Lipinski definition) is 1. The summed E-state index contributed by atoms with van der Waals surface area (Å²) in [4.78, 5) is 4.24. The van der Waals surface area contributed by atoms with Crippen LogP contribution in [0.5, 0.6) is 5.75 Å². The van der Waals surface area contributed by atoms with Crippen LogP contribution in [0, 0.1) is 13.8 Å². The molecule has 2 aromatic carbocycles. The molecule has 0 saturated carbocycles. The number of alkyl halides is 6. The molecular weight excluding hydrogens is 450 g/mol. The molecule has 1 aliphatic heterocycles. The number of benzene rings is 2. The fraction of sp³-hybridized carbons (Fsp3) is 0.478. The van der Waals surface area contributed by atoms with Crippen molar-refractivity contribution in [2.45, 2.75) is 32.3 Å². The van der Waals surface area contributed by atoms with Crippen molar-refractivity contribution < 1.29 is 36.2 Å². The van der Waals surface area contributed by atoms with Crippen LogP contribution in [0.2, 0.25) is 0 Å². The fourth-order valence-corrected chi connectivity index (χ4v) is 3.80. The molecule has 0 amide bonds. The van der Waals surface area contributed by atoms with E-state index in [-0.39, 0.29) is 12.6 Å². The van der Waals surface area contributed by atoms with E-state index in [1.807, 2.05) is 24.0 Å². The Labute approximate surface area is 188 Å². The number of ether oxygens (including phenoxy) is 1. The lowest BCUT2D eigenvalue weighted by Gasteiger charge is -2.37. The average molecular weight is 476 g/mol. The molecule has 1 atom stereocenters. The van der Waals surface area contributed by atoms with Crippen LogP contribution in [0.1, 0.15) is 22.3 Å². The van der Waals surface area contributed by atoms with Gasteiger partial charge in [0.05, 0.1) is 11.1 Å². The Morgan fingerprint density at radius 3 is 2.03 bits per heavy atom. The molecule has 33 heavy (non-hydrogen) atoms. The summed E-state index contributed by atoms with van der Waals surface area (Å²) < 4.78 is 82.9. The highest BCUT2D eigenvalue weighted by molar-refractivity contribution is 5.56. The van der Waals surface area contributed by atoms with Gasteiger partial charge < -0.3 is 14.7 Å². The Bertz CT molecular complexity index is 921. The first-order valence-corrected chi connectivity index (χ1v) is 10.5. The minimum absolute atomic E-state index is 0.0404. The lowest BCUT2D eigenvalue weighted by atomic mass is 10.1. The summed E-state index contributed by atoms with van der Waals surface area (Å²) in [7, 11) is 0. The molecule has 0 aromatic heterocycles. The predicted molar refractivity (Wildman–Crippen MR) is 113 cm³/mol. The summed E-state index contributed by atoms with van der Waals surface area (Å²) in [6, 6.07) is 7.16. The van der Waals surface area contributed by atoms with Crippen molar-refractivity contribution in [3.63, 3.8) is 0 Å². The molecule has 0 spiro atoms. The maximum absolute atomic E-state index is 13.0. The molecule has 1 saturated heterocycles. The lowest BCUT2D eigenvalue weighted by molar-refractivity contribution is -0.143. The van der Waals surface area contributed by atoms with Gasteiger partial charge in [0, 0.05) is 38.4 Å². The number of nitrogens with zero attached hydrogens (tertiary/aromatic N) is 2. The molecule has 1 heterocycles. The summed E-state index contributed by atoms with van der Waals surface area (Å²) in [5, 5.41) is 10.3. The summed E-state index contributed by atoms with van der Waals surface area (Å²) in [5.74, 6) is -0.587. The monoisotopic (exact) mass is 476 g/mol. The molecular formula is C23H26F6N2O2. The largest absolute Gasteiger partial charge is 0.491 e. The zero-order chi connectivity index (χ0) is 24.4. The summed E-state index contributed by atoms with van der Waals surface area (Å²) in [5.41, 5.74) is 0.654. The SMILES string of the molecule is Cc1cccc(N2CCN(CC(O)COc3cc(C(F)(F)F)cc(C(F)(F)F)c3)CC2)c1C. The number of β-amino-alcohol motifs (C(OH)–C–C–N with tert-alkyl or cyclic N) is 1. The van der Waals surface area contributed by atoms with E-state index in [1.165, 1.54) is 11.1 Å². The second-order valence-electron chi connectivity index (χ2n) is 8.21. The minimum atomic E-state index is -4.95. The van der Waals surface area contributed by atoms with Crippen molar-refractivity contribution in [1.29, 1.82) is 0 Å². The number of aliphatic hydroxyl groups excluding tert-OH is 1. The average Bonchev–Trinajstić information content (AvgIpc) is 2.73. The number of aliphatic hydroxyl groups is 1. The molecule has 0 radical (unpaired) electrons. The van der Waals surface area contributed by atoms with E-state index >= 15 is 0 Å². The van der Waals surface area contributed by atoms with Gasteiger partial charge in [-0.25, -0.2) is 0 Å². The quantitative estimate of drug-likeness (QED) is 0.602. The Balaban J connectivity index is 1.56. The molecule has 4 nitrogen and oxygen atoms in total. The van der Waals surface area contributed by atoms with Gasteiger partial charge in [-0.05, 0) is 49.2 Å². The van der Waals surface area contributed by atoms with E-state index in [9.17, 15) is 31.4 Å². The second kappa shape index (κ2) is 9.80. The van der Waals surface area contributed by atoms with Crippen LogP contribution in [-0.2, 0) is 12.4 Å². The van der Waals surface area contributed by atoms with Gasteiger partial charge in [-0.2, -0.15) is 26.3 Å². The van der Waals surface area contributed by atoms with Crippen LogP contribution < -0.4 is 9.64 Å². The molecule has 3 rings (SSSR count). The Morgan fingerprint density at radius 2 is 1.48 bits per heavy atom. The van der Waals surface area contributed by atoms with Crippen LogP contribution in [0.25, 0.3) is 0 Å². The van der Waals surface area contributed by atoms with Gasteiger partial charge in [0.15, 0.2) is 0 Å². The number of piperazine rings is 1. The molecule has 0 bridgehead atoms. The Morgan fingerprint density at radius 1 is 0.909 bits per heavy atom. The van der Waals surface area contributed by atoms with Crippen molar-refractivity contribution >= 4 is 5.69 Å². The highest BCUT2D eigenvalue weighted by Gasteiger charge is 2.37. The first-order chi connectivity index (χ1) is 15.3. The molecule has 1 unspecified atom stereocenters. The van der Waals surface area contributed by atoms with Crippen molar-refractivity contribution in [3.05, 3.63) is 58.7 Å². The Hall–Kier alpha value is -2.46. The molecule has 10 heteroatoms.